The summed E-state index contributed by atoms with van der Waals surface area (Å²) in [7, 11) is 1.62. The Hall–Kier alpha value is -1.58. The highest BCUT2D eigenvalue weighted by atomic mass is 16.5. The van der Waals surface area contributed by atoms with Crippen LogP contribution in [0, 0.1) is 0 Å². The molecule has 0 saturated heterocycles. The third-order valence-corrected chi connectivity index (χ3v) is 2.66. The van der Waals surface area contributed by atoms with E-state index in [0.717, 1.165) is 30.6 Å². The standard InChI is InChI=1S/C12H16N2O2/c1-3-9-10(12(15)13-2)6-14-7-11(9)16-8-4-5-8/h6-8H,3-5H2,1-2H3,(H,13,15). The van der Waals surface area contributed by atoms with Crippen LogP contribution >= 0.6 is 0 Å². The van der Waals surface area contributed by atoms with Gasteiger partial charge in [0.05, 0.1) is 17.9 Å². The van der Waals surface area contributed by atoms with E-state index in [1.165, 1.54) is 0 Å². The SMILES string of the molecule is CCc1c(OC2CC2)cncc1C(=O)NC. The molecule has 0 aromatic carbocycles. The van der Waals surface area contributed by atoms with Gasteiger partial charge in [0.2, 0.25) is 0 Å². The lowest BCUT2D eigenvalue weighted by Gasteiger charge is -2.12. The van der Waals surface area contributed by atoms with Crippen LogP contribution in [0.1, 0.15) is 35.7 Å². The molecule has 1 heterocycles. The Morgan fingerprint density at radius 3 is 2.88 bits per heavy atom. The fraction of sp³-hybridized carbons (Fsp3) is 0.500. The summed E-state index contributed by atoms with van der Waals surface area (Å²) in [5.41, 5.74) is 1.56. The third-order valence-electron chi connectivity index (χ3n) is 2.66. The van der Waals surface area contributed by atoms with Crippen molar-refractivity contribution >= 4 is 5.91 Å². The van der Waals surface area contributed by atoms with Gasteiger partial charge in [0.25, 0.3) is 5.91 Å². The highest BCUT2D eigenvalue weighted by Crippen LogP contribution is 2.30. The maximum absolute atomic E-state index is 11.6. The number of ether oxygens (including phenoxy) is 1. The van der Waals surface area contributed by atoms with E-state index >= 15 is 0 Å². The Morgan fingerprint density at radius 2 is 2.31 bits per heavy atom. The first-order valence-corrected chi connectivity index (χ1v) is 5.61. The van der Waals surface area contributed by atoms with Gasteiger partial charge in [0.15, 0.2) is 0 Å². The second kappa shape index (κ2) is 4.51. The summed E-state index contributed by atoms with van der Waals surface area (Å²) in [6.45, 7) is 2.02. The molecule has 16 heavy (non-hydrogen) atoms. The van der Waals surface area contributed by atoms with Crippen LogP contribution in [-0.2, 0) is 6.42 Å². The average molecular weight is 220 g/mol. The number of carbonyl (C=O) groups excluding carboxylic acids is 1. The molecule has 1 N–H and O–H groups in total. The van der Waals surface area contributed by atoms with Crippen molar-refractivity contribution in [1.29, 1.82) is 0 Å². The van der Waals surface area contributed by atoms with Gasteiger partial charge >= 0.3 is 0 Å². The summed E-state index contributed by atoms with van der Waals surface area (Å²) >= 11 is 0. The lowest BCUT2D eigenvalue weighted by Crippen LogP contribution is -2.20. The largest absolute Gasteiger partial charge is 0.488 e. The van der Waals surface area contributed by atoms with Gasteiger partial charge in [0, 0.05) is 18.8 Å². The van der Waals surface area contributed by atoms with E-state index in [9.17, 15) is 4.79 Å². The predicted octanol–water partition coefficient (Wildman–Crippen LogP) is 1.54. The molecule has 0 bridgehead atoms. The smallest absolute Gasteiger partial charge is 0.253 e. The summed E-state index contributed by atoms with van der Waals surface area (Å²) in [6, 6.07) is 0. The van der Waals surface area contributed by atoms with Crippen LogP contribution in [0.25, 0.3) is 0 Å². The Kier molecular flexibility index (Phi) is 3.08. The molecule has 0 aliphatic heterocycles. The summed E-state index contributed by atoms with van der Waals surface area (Å²) in [5.74, 6) is 0.650. The Bertz CT molecular complexity index is 400. The van der Waals surface area contributed by atoms with E-state index in [1.54, 1.807) is 19.4 Å². The quantitative estimate of drug-likeness (QED) is 0.837. The van der Waals surface area contributed by atoms with Crippen molar-refractivity contribution < 1.29 is 9.53 Å². The first-order chi connectivity index (χ1) is 7.76. The molecule has 1 aliphatic rings. The number of nitrogens with zero attached hydrogens (tertiary/aromatic N) is 1. The minimum atomic E-state index is -0.106. The van der Waals surface area contributed by atoms with Crippen LogP contribution in [0.4, 0.5) is 0 Å². The maximum atomic E-state index is 11.6. The number of hydrogen-bond acceptors (Lipinski definition) is 3. The molecule has 1 fully saturated rings. The van der Waals surface area contributed by atoms with Gasteiger partial charge < -0.3 is 10.1 Å². The first kappa shape index (κ1) is 10.9. The van der Waals surface area contributed by atoms with Crippen LogP contribution in [0.15, 0.2) is 12.4 Å². The molecule has 4 nitrogen and oxygen atoms in total. The zero-order valence-electron chi connectivity index (χ0n) is 9.62. The fourth-order valence-corrected chi connectivity index (χ4v) is 1.63. The number of nitrogens with one attached hydrogen (secondary N) is 1. The summed E-state index contributed by atoms with van der Waals surface area (Å²) < 4.78 is 5.74. The van der Waals surface area contributed by atoms with E-state index in [0.29, 0.717) is 11.7 Å². The number of aromatic nitrogens is 1. The molecule has 1 amide bonds. The van der Waals surface area contributed by atoms with Crippen molar-refractivity contribution in [2.45, 2.75) is 32.3 Å². The van der Waals surface area contributed by atoms with Crippen molar-refractivity contribution in [3.63, 3.8) is 0 Å². The first-order valence-electron chi connectivity index (χ1n) is 5.61. The Labute approximate surface area is 95.0 Å². The van der Waals surface area contributed by atoms with Gasteiger partial charge in [-0.3, -0.25) is 9.78 Å². The van der Waals surface area contributed by atoms with Crippen LogP contribution in [0.2, 0.25) is 0 Å². The molecule has 1 aliphatic carbocycles. The zero-order valence-corrected chi connectivity index (χ0v) is 9.62. The highest BCUT2D eigenvalue weighted by Gasteiger charge is 2.25. The molecular formula is C12H16N2O2. The van der Waals surface area contributed by atoms with Gasteiger partial charge in [-0.15, -0.1) is 0 Å². The van der Waals surface area contributed by atoms with Crippen molar-refractivity contribution in [2.24, 2.45) is 0 Å². The maximum Gasteiger partial charge on any atom is 0.253 e. The number of amides is 1. The molecule has 1 aromatic heterocycles. The molecule has 1 saturated carbocycles. The third kappa shape index (κ3) is 2.15. The fourth-order valence-electron chi connectivity index (χ4n) is 1.63. The average Bonchev–Trinajstić information content (AvgIpc) is 3.11. The number of hydrogen-bond donors (Lipinski definition) is 1. The molecule has 0 unspecified atom stereocenters. The van der Waals surface area contributed by atoms with E-state index < -0.39 is 0 Å². The summed E-state index contributed by atoms with van der Waals surface area (Å²) in [4.78, 5) is 15.7. The van der Waals surface area contributed by atoms with Gasteiger partial charge in [-0.05, 0) is 19.3 Å². The van der Waals surface area contributed by atoms with Crippen LogP contribution in [-0.4, -0.2) is 24.0 Å². The van der Waals surface area contributed by atoms with Crippen molar-refractivity contribution in [2.75, 3.05) is 7.05 Å². The molecule has 2 rings (SSSR count). The molecule has 0 radical (unpaired) electrons. The Balaban J connectivity index is 2.32. The molecule has 86 valence electrons. The minimum absolute atomic E-state index is 0.106. The van der Waals surface area contributed by atoms with Crippen molar-refractivity contribution in [1.82, 2.24) is 10.3 Å². The lowest BCUT2D eigenvalue weighted by atomic mass is 10.1. The van der Waals surface area contributed by atoms with Gasteiger partial charge in [-0.2, -0.15) is 0 Å². The monoisotopic (exact) mass is 220 g/mol. The Morgan fingerprint density at radius 1 is 1.56 bits per heavy atom. The minimum Gasteiger partial charge on any atom is -0.488 e. The second-order valence-electron chi connectivity index (χ2n) is 3.91. The van der Waals surface area contributed by atoms with Crippen LogP contribution in [0.5, 0.6) is 5.75 Å². The second-order valence-corrected chi connectivity index (χ2v) is 3.91. The van der Waals surface area contributed by atoms with E-state index in [1.807, 2.05) is 6.92 Å². The van der Waals surface area contributed by atoms with E-state index in [4.69, 9.17) is 4.74 Å². The molecule has 0 spiro atoms. The summed E-state index contributed by atoms with van der Waals surface area (Å²) in [5, 5.41) is 2.62. The number of rotatable bonds is 4. The van der Waals surface area contributed by atoms with Crippen molar-refractivity contribution in [3.05, 3.63) is 23.5 Å². The predicted molar refractivity (Wildman–Crippen MR) is 60.7 cm³/mol. The molecule has 0 atom stereocenters. The van der Waals surface area contributed by atoms with Crippen LogP contribution in [0.3, 0.4) is 0 Å². The molecule has 1 aromatic rings. The molecular weight excluding hydrogens is 204 g/mol. The van der Waals surface area contributed by atoms with E-state index in [2.05, 4.69) is 10.3 Å². The normalized spacial score (nSPS) is 14.6. The topological polar surface area (TPSA) is 51.2 Å². The van der Waals surface area contributed by atoms with Gasteiger partial charge in [-0.1, -0.05) is 6.92 Å². The van der Waals surface area contributed by atoms with Gasteiger partial charge in [-0.25, -0.2) is 0 Å². The van der Waals surface area contributed by atoms with E-state index in [-0.39, 0.29) is 5.91 Å². The highest BCUT2D eigenvalue weighted by molar-refractivity contribution is 5.95. The number of carbonyl (C=O) groups is 1. The zero-order chi connectivity index (χ0) is 11.5. The van der Waals surface area contributed by atoms with Crippen LogP contribution < -0.4 is 10.1 Å². The van der Waals surface area contributed by atoms with Crippen molar-refractivity contribution in [3.8, 4) is 5.75 Å². The van der Waals surface area contributed by atoms with Gasteiger partial charge in [0.1, 0.15) is 5.75 Å². The molecule has 4 heteroatoms. The lowest BCUT2D eigenvalue weighted by molar-refractivity contribution is 0.0961. The summed E-state index contributed by atoms with van der Waals surface area (Å²) in [6.07, 6.45) is 6.60. The number of pyridine rings is 1.